The van der Waals surface area contributed by atoms with Gasteiger partial charge < -0.3 is 25.0 Å². The second kappa shape index (κ2) is 16.9. The lowest BCUT2D eigenvalue weighted by atomic mass is 9.79. The average Bonchev–Trinajstić information content (AvgIpc) is 3.15. The third kappa shape index (κ3) is 9.79. The number of hydrogen-bond donors (Lipinski definition) is 2. The summed E-state index contributed by atoms with van der Waals surface area (Å²) in [5.41, 5.74) is 3.94. The minimum absolute atomic E-state index is 0.0279. The minimum Gasteiger partial charge on any atom is -0.493 e. The number of benzene rings is 3. The van der Waals surface area contributed by atoms with Gasteiger partial charge in [-0.05, 0) is 69.4 Å². The molecule has 13 heteroatoms. The van der Waals surface area contributed by atoms with Crippen molar-refractivity contribution >= 4 is 47.5 Å². The van der Waals surface area contributed by atoms with Crippen LogP contribution < -0.4 is 30.7 Å². The molecule has 3 aromatic carbocycles. The number of fused-ring (bicyclic) bond motifs is 1. The highest BCUT2D eigenvalue weighted by Gasteiger charge is 2.37. The molecule has 1 unspecified atom stereocenters. The van der Waals surface area contributed by atoms with Crippen molar-refractivity contribution in [2.24, 2.45) is 5.41 Å². The summed E-state index contributed by atoms with van der Waals surface area (Å²) in [5.74, 6) is 1.36. The molecule has 0 saturated carbocycles. The Morgan fingerprint density at radius 2 is 1.80 bits per heavy atom. The van der Waals surface area contributed by atoms with Crippen LogP contribution in [0.2, 0.25) is 0 Å². The molecule has 4 aromatic rings. The molecule has 2 aliphatic heterocycles. The van der Waals surface area contributed by atoms with Gasteiger partial charge in [-0.1, -0.05) is 66.8 Å². The summed E-state index contributed by atoms with van der Waals surface area (Å²) in [5, 5.41) is 7.24. The van der Waals surface area contributed by atoms with Gasteiger partial charge in [0.25, 0.3) is 0 Å². The summed E-state index contributed by atoms with van der Waals surface area (Å²) in [7, 11) is 7.48. The van der Waals surface area contributed by atoms with Gasteiger partial charge in [-0.15, -0.1) is 0 Å². The Labute approximate surface area is 331 Å². The maximum absolute atomic E-state index is 15.7. The molecule has 2 N–H and O–H groups in total. The number of rotatable bonds is 14. The zero-order chi connectivity index (χ0) is 40.2. The van der Waals surface area contributed by atoms with Crippen molar-refractivity contribution in [2.45, 2.75) is 71.9 Å². The fourth-order valence-corrected chi connectivity index (χ4v) is 8.03. The van der Waals surface area contributed by atoms with Gasteiger partial charge in [-0.25, -0.2) is 9.97 Å². The first kappa shape index (κ1) is 40.5. The van der Waals surface area contributed by atoms with Crippen molar-refractivity contribution in [1.82, 2.24) is 25.1 Å². The minimum atomic E-state index is -0.235. The molecule has 2 radical (unpaired) electrons. The van der Waals surface area contributed by atoms with Crippen LogP contribution in [0.25, 0.3) is 10.9 Å². The van der Waals surface area contributed by atoms with Crippen LogP contribution >= 0.6 is 0 Å². The summed E-state index contributed by atoms with van der Waals surface area (Å²) in [6.45, 7) is 17.8. The highest BCUT2D eigenvalue weighted by Crippen LogP contribution is 2.39. The molecule has 0 bridgehead atoms. The molecule has 11 nitrogen and oxygen atoms in total. The standard InChI is InChI=1S/C43H53BFN7O4/c1-28-14-15-34(41(54)47-28)31-11-9-13-33(21-31)46-24-39(53)50-16-18-51(19-17-50)43(5,6)26-42(3,4)27-56-38-23-36-35(22-37(38)55-7)40(49-29(2)48-36)52(45)25-30-10-8-12-32(44)20-30/h8-13,20-23,34,46H,1,14-19,24-27H2,2-7H3,(H,47,54). The van der Waals surface area contributed by atoms with E-state index >= 15 is 4.48 Å². The molecule has 56 heavy (non-hydrogen) atoms. The first-order valence-electron chi connectivity index (χ1n) is 19.2. The van der Waals surface area contributed by atoms with Crippen LogP contribution in [0, 0.1) is 12.3 Å². The molecule has 2 fully saturated rings. The number of aromatic nitrogens is 2. The number of carbonyl (C=O) groups excluding carboxylic acids is 2. The van der Waals surface area contributed by atoms with Gasteiger partial charge in [-0.3, -0.25) is 14.5 Å². The van der Waals surface area contributed by atoms with Crippen LogP contribution in [-0.2, 0) is 16.1 Å². The van der Waals surface area contributed by atoms with Crippen LogP contribution in [0.3, 0.4) is 0 Å². The highest BCUT2D eigenvalue weighted by atomic mass is 19.2. The number of nitrogens with zero attached hydrogens (tertiary/aromatic N) is 5. The van der Waals surface area contributed by atoms with E-state index in [1.165, 1.54) is 0 Å². The molecule has 2 saturated heterocycles. The second-order valence-electron chi connectivity index (χ2n) is 16.4. The summed E-state index contributed by atoms with van der Waals surface area (Å²) >= 11 is 0. The van der Waals surface area contributed by atoms with Gasteiger partial charge in [0.15, 0.2) is 17.3 Å². The van der Waals surface area contributed by atoms with E-state index in [0.29, 0.717) is 58.5 Å². The fourth-order valence-electron chi connectivity index (χ4n) is 8.03. The van der Waals surface area contributed by atoms with E-state index in [1.54, 1.807) is 44.4 Å². The number of ether oxygens (including phenoxy) is 2. The molecule has 0 aliphatic carbocycles. The number of allylic oxidation sites excluding steroid dienone is 1. The largest absolute Gasteiger partial charge is 0.493 e. The number of nitrogens with one attached hydrogen (secondary N) is 2. The van der Waals surface area contributed by atoms with Gasteiger partial charge in [0.1, 0.15) is 13.7 Å². The van der Waals surface area contributed by atoms with Crippen molar-refractivity contribution in [2.75, 3.05) is 56.9 Å². The number of methoxy groups -OCH3 is 1. The molecule has 2 aliphatic rings. The Bertz CT molecular complexity index is 2080. The van der Waals surface area contributed by atoms with Crippen molar-refractivity contribution in [3.05, 3.63) is 89.9 Å². The number of piperidine rings is 1. The van der Waals surface area contributed by atoms with Crippen molar-refractivity contribution in [3.63, 3.8) is 0 Å². The first-order valence-corrected chi connectivity index (χ1v) is 19.2. The molecule has 294 valence electrons. The van der Waals surface area contributed by atoms with E-state index in [9.17, 15) is 9.59 Å². The smallest absolute Gasteiger partial charge is 0.241 e. The fraction of sp³-hybridized carbons (Fsp3) is 0.442. The van der Waals surface area contributed by atoms with Crippen LogP contribution in [-0.4, -0.2) is 91.4 Å². The lowest BCUT2D eigenvalue weighted by molar-refractivity contribution is -0.132. The predicted molar refractivity (Wildman–Crippen MR) is 220 cm³/mol. The molecule has 2 amide bonds. The number of aryl methyl sites for hydroxylation is 1. The third-order valence-corrected chi connectivity index (χ3v) is 10.7. The van der Waals surface area contributed by atoms with Crippen molar-refractivity contribution in [3.8, 4) is 11.5 Å². The summed E-state index contributed by atoms with van der Waals surface area (Å²) in [6.07, 6.45) is 2.32. The molecule has 0 spiro atoms. The van der Waals surface area contributed by atoms with Crippen LogP contribution in [0.5, 0.6) is 11.5 Å². The van der Waals surface area contributed by atoms with Crippen LogP contribution in [0.1, 0.15) is 69.8 Å². The zero-order valence-corrected chi connectivity index (χ0v) is 33.5. The molecular weight excluding hydrogens is 708 g/mol. The van der Waals surface area contributed by atoms with E-state index in [4.69, 9.17) is 17.3 Å². The number of halogens is 1. The zero-order valence-electron chi connectivity index (χ0n) is 33.5. The van der Waals surface area contributed by atoms with Gasteiger partial charge >= 0.3 is 0 Å². The summed E-state index contributed by atoms with van der Waals surface area (Å²) < 4.78 is 27.8. The lowest BCUT2D eigenvalue weighted by Gasteiger charge is -2.47. The average molecular weight is 762 g/mol. The Morgan fingerprint density at radius 1 is 1.05 bits per heavy atom. The maximum atomic E-state index is 15.7. The van der Waals surface area contributed by atoms with Crippen LogP contribution in [0.4, 0.5) is 16.0 Å². The molecule has 6 rings (SSSR count). The first-order chi connectivity index (χ1) is 26.6. The monoisotopic (exact) mass is 761 g/mol. The normalized spacial score (nSPS) is 16.8. The van der Waals surface area contributed by atoms with Gasteiger partial charge in [0.05, 0.1) is 38.2 Å². The molecule has 1 atom stereocenters. The number of carbonyl (C=O) groups is 2. The molecular formula is C43H53BFN7O4. The van der Waals surface area contributed by atoms with Gasteiger partial charge in [0.2, 0.25) is 11.8 Å². The highest BCUT2D eigenvalue weighted by molar-refractivity contribution is 6.32. The van der Waals surface area contributed by atoms with E-state index in [0.717, 1.165) is 54.9 Å². The number of hydrogen-bond acceptors (Lipinski definition) is 9. The van der Waals surface area contributed by atoms with Gasteiger partial charge in [0, 0.05) is 60.0 Å². The summed E-state index contributed by atoms with van der Waals surface area (Å²) in [4.78, 5) is 39.2. The number of amides is 2. The Kier molecular flexibility index (Phi) is 12.2. The predicted octanol–water partition coefficient (Wildman–Crippen LogP) is 5.97. The number of anilines is 2. The van der Waals surface area contributed by atoms with Crippen LogP contribution in [0.15, 0.2) is 72.9 Å². The van der Waals surface area contributed by atoms with Gasteiger partial charge in [-0.2, -0.15) is 5.12 Å². The van der Waals surface area contributed by atoms with Crippen molar-refractivity contribution < 1.29 is 23.5 Å². The van der Waals surface area contributed by atoms with E-state index < -0.39 is 0 Å². The molecule has 3 heterocycles. The van der Waals surface area contributed by atoms with E-state index in [-0.39, 0.29) is 47.6 Å². The maximum Gasteiger partial charge on any atom is 0.241 e. The topological polar surface area (TPSA) is 112 Å². The third-order valence-electron chi connectivity index (χ3n) is 10.7. The Hall–Kier alpha value is -5.17. The lowest BCUT2D eigenvalue weighted by Crippen LogP contribution is -2.57. The van der Waals surface area contributed by atoms with E-state index in [1.807, 2.05) is 35.2 Å². The Balaban J connectivity index is 1.03. The quantitative estimate of drug-likeness (QED) is 0.119. The Morgan fingerprint density at radius 3 is 2.52 bits per heavy atom. The molecule has 1 aromatic heterocycles. The number of piperazine rings is 1. The SMILES string of the molecule is [B]c1cccc(CN(F)c2nc(C)nc3cc(OCC(C)(C)CC(C)(C)N4CCN(C(=O)CNc5cccc(C6CCC(=C)NC6=O)c5)CC4)c(OC)cc23)c1. The second-order valence-corrected chi connectivity index (χ2v) is 16.4. The van der Waals surface area contributed by atoms with E-state index in [2.05, 4.69) is 59.8 Å². The summed E-state index contributed by atoms with van der Waals surface area (Å²) in [6, 6.07) is 18.4. The van der Waals surface area contributed by atoms with Crippen molar-refractivity contribution in [1.29, 1.82) is 0 Å².